The van der Waals surface area contributed by atoms with Gasteiger partial charge in [0.15, 0.2) is 5.82 Å². The molecule has 19 heavy (non-hydrogen) atoms. The predicted octanol–water partition coefficient (Wildman–Crippen LogP) is 2.90. The molecule has 0 aliphatic heterocycles. The van der Waals surface area contributed by atoms with E-state index in [2.05, 4.69) is 34.5 Å². The lowest BCUT2D eigenvalue weighted by atomic mass is 10.1. The number of unbranched alkanes of at least 4 members (excludes halogenated alkanes) is 1. The van der Waals surface area contributed by atoms with Crippen LogP contribution >= 0.6 is 0 Å². The smallest absolute Gasteiger partial charge is 0.239 e. The van der Waals surface area contributed by atoms with Gasteiger partial charge in [0.2, 0.25) is 5.88 Å². The summed E-state index contributed by atoms with van der Waals surface area (Å²) in [6.07, 6.45) is 6.58. The van der Waals surface area contributed by atoms with Crippen molar-refractivity contribution in [2.45, 2.75) is 26.2 Å². The van der Waals surface area contributed by atoms with E-state index < -0.39 is 0 Å². The molecule has 0 saturated carbocycles. The molecular formula is C14H18N4O. The summed E-state index contributed by atoms with van der Waals surface area (Å²) in [6, 6.07) is 8.03. The Bertz CT molecular complexity index is 513. The maximum absolute atomic E-state index is 5.61. The van der Waals surface area contributed by atoms with Gasteiger partial charge in [-0.25, -0.2) is 5.84 Å². The molecule has 0 aliphatic carbocycles. The van der Waals surface area contributed by atoms with Crippen molar-refractivity contribution in [1.82, 2.24) is 9.97 Å². The van der Waals surface area contributed by atoms with Crippen molar-refractivity contribution in [3.05, 3.63) is 42.2 Å². The second-order valence-electron chi connectivity index (χ2n) is 4.24. The zero-order valence-corrected chi connectivity index (χ0v) is 11.0. The van der Waals surface area contributed by atoms with Crippen LogP contribution in [0.15, 0.2) is 36.7 Å². The van der Waals surface area contributed by atoms with Crippen molar-refractivity contribution in [3.8, 4) is 11.6 Å². The number of anilines is 1. The Kier molecular flexibility index (Phi) is 4.69. The maximum atomic E-state index is 5.61. The van der Waals surface area contributed by atoms with E-state index in [0.717, 1.165) is 12.2 Å². The number of hydrazine groups is 1. The summed E-state index contributed by atoms with van der Waals surface area (Å²) in [4.78, 5) is 8.12. The monoisotopic (exact) mass is 258 g/mol. The molecule has 100 valence electrons. The largest absolute Gasteiger partial charge is 0.437 e. The molecule has 0 bridgehead atoms. The average molecular weight is 258 g/mol. The summed E-state index contributed by atoms with van der Waals surface area (Å²) in [5.74, 6) is 6.89. The highest BCUT2D eigenvalue weighted by atomic mass is 16.5. The van der Waals surface area contributed by atoms with E-state index in [-0.39, 0.29) is 0 Å². The van der Waals surface area contributed by atoms with Crippen LogP contribution in [-0.2, 0) is 6.42 Å². The zero-order valence-electron chi connectivity index (χ0n) is 11.0. The third-order valence-corrected chi connectivity index (χ3v) is 2.73. The molecule has 3 N–H and O–H groups in total. The maximum Gasteiger partial charge on any atom is 0.239 e. The number of rotatable bonds is 6. The second kappa shape index (κ2) is 6.70. The highest BCUT2D eigenvalue weighted by Crippen LogP contribution is 2.20. The van der Waals surface area contributed by atoms with Gasteiger partial charge in [-0.1, -0.05) is 25.5 Å². The molecule has 1 heterocycles. The van der Waals surface area contributed by atoms with Gasteiger partial charge < -0.3 is 10.2 Å². The quantitative estimate of drug-likeness (QED) is 0.615. The van der Waals surface area contributed by atoms with E-state index in [1.54, 1.807) is 6.20 Å². The highest BCUT2D eigenvalue weighted by molar-refractivity contribution is 5.34. The molecule has 5 heteroatoms. The molecule has 0 radical (unpaired) electrons. The number of benzene rings is 1. The Morgan fingerprint density at radius 1 is 1.21 bits per heavy atom. The van der Waals surface area contributed by atoms with Gasteiger partial charge in [0.25, 0.3) is 0 Å². The number of hydrogen-bond acceptors (Lipinski definition) is 5. The highest BCUT2D eigenvalue weighted by Gasteiger charge is 2.01. The molecular weight excluding hydrogens is 240 g/mol. The normalized spacial score (nSPS) is 10.2. The molecule has 2 rings (SSSR count). The third-order valence-electron chi connectivity index (χ3n) is 2.73. The molecule has 0 aliphatic rings. The minimum Gasteiger partial charge on any atom is -0.437 e. The van der Waals surface area contributed by atoms with Crippen molar-refractivity contribution >= 4 is 5.82 Å². The summed E-state index contributed by atoms with van der Waals surface area (Å²) in [5, 5.41) is 0. The Morgan fingerprint density at radius 2 is 2.00 bits per heavy atom. The van der Waals surface area contributed by atoms with Gasteiger partial charge in [0, 0.05) is 0 Å². The van der Waals surface area contributed by atoms with Gasteiger partial charge >= 0.3 is 0 Å². The van der Waals surface area contributed by atoms with Crippen molar-refractivity contribution < 1.29 is 4.74 Å². The number of hydrogen-bond donors (Lipinski definition) is 2. The first-order valence-electron chi connectivity index (χ1n) is 6.37. The number of ether oxygens (including phenoxy) is 1. The molecule has 2 aromatic rings. The van der Waals surface area contributed by atoms with Crippen LogP contribution in [0.25, 0.3) is 0 Å². The average Bonchev–Trinajstić information content (AvgIpc) is 2.47. The summed E-state index contributed by atoms with van der Waals surface area (Å²) in [6.45, 7) is 2.19. The Balaban J connectivity index is 2.02. The van der Waals surface area contributed by atoms with Crippen LogP contribution in [0.3, 0.4) is 0 Å². The van der Waals surface area contributed by atoms with Gasteiger partial charge in [-0.2, -0.15) is 4.98 Å². The topological polar surface area (TPSA) is 73.1 Å². The van der Waals surface area contributed by atoms with Crippen LogP contribution in [0.2, 0.25) is 0 Å². The first kappa shape index (κ1) is 13.3. The Labute approximate surface area is 112 Å². The van der Waals surface area contributed by atoms with E-state index >= 15 is 0 Å². The summed E-state index contributed by atoms with van der Waals surface area (Å²) in [7, 11) is 0. The fourth-order valence-corrected chi connectivity index (χ4v) is 1.69. The van der Waals surface area contributed by atoms with Crippen LogP contribution in [0.5, 0.6) is 11.6 Å². The van der Waals surface area contributed by atoms with E-state index in [0.29, 0.717) is 11.7 Å². The number of nitrogens with two attached hydrogens (primary N) is 1. The van der Waals surface area contributed by atoms with E-state index in [4.69, 9.17) is 10.6 Å². The van der Waals surface area contributed by atoms with E-state index in [1.165, 1.54) is 24.6 Å². The van der Waals surface area contributed by atoms with Crippen molar-refractivity contribution in [2.24, 2.45) is 5.84 Å². The Hall–Kier alpha value is -2.14. The van der Waals surface area contributed by atoms with Gasteiger partial charge in [-0.3, -0.25) is 4.98 Å². The fraction of sp³-hybridized carbons (Fsp3) is 0.286. The van der Waals surface area contributed by atoms with Crippen LogP contribution in [0.4, 0.5) is 5.82 Å². The van der Waals surface area contributed by atoms with Crippen LogP contribution < -0.4 is 16.0 Å². The zero-order chi connectivity index (χ0) is 13.5. The molecule has 0 fully saturated rings. The predicted molar refractivity (Wildman–Crippen MR) is 75.0 cm³/mol. The molecule has 0 unspecified atom stereocenters. The molecule has 0 saturated heterocycles. The van der Waals surface area contributed by atoms with Crippen LogP contribution in [-0.4, -0.2) is 9.97 Å². The van der Waals surface area contributed by atoms with Crippen molar-refractivity contribution in [1.29, 1.82) is 0 Å². The third kappa shape index (κ3) is 3.93. The lowest BCUT2D eigenvalue weighted by Gasteiger charge is -2.06. The molecule has 0 amide bonds. The first-order chi connectivity index (χ1) is 9.31. The number of aromatic nitrogens is 2. The fourth-order valence-electron chi connectivity index (χ4n) is 1.69. The van der Waals surface area contributed by atoms with Crippen LogP contribution in [0, 0.1) is 0 Å². The summed E-state index contributed by atoms with van der Waals surface area (Å²) >= 11 is 0. The Morgan fingerprint density at radius 3 is 2.68 bits per heavy atom. The number of aryl methyl sites for hydroxylation is 1. The number of nitrogens with zero attached hydrogens (tertiary/aromatic N) is 2. The van der Waals surface area contributed by atoms with Gasteiger partial charge in [-0.15, -0.1) is 0 Å². The second-order valence-corrected chi connectivity index (χ2v) is 4.24. The molecule has 0 spiro atoms. The molecule has 1 aromatic heterocycles. The minimum atomic E-state index is 0.414. The molecule has 5 nitrogen and oxygen atoms in total. The molecule has 1 aromatic carbocycles. The minimum absolute atomic E-state index is 0.414. The van der Waals surface area contributed by atoms with Gasteiger partial charge in [-0.05, 0) is 30.5 Å². The van der Waals surface area contributed by atoms with E-state index in [1.807, 2.05) is 12.1 Å². The molecule has 0 atom stereocenters. The first-order valence-corrected chi connectivity index (χ1v) is 6.37. The number of nitrogens with one attached hydrogen (secondary N) is 1. The summed E-state index contributed by atoms with van der Waals surface area (Å²) in [5.41, 5.74) is 3.75. The van der Waals surface area contributed by atoms with Crippen LogP contribution in [0.1, 0.15) is 25.3 Å². The summed E-state index contributed by atoms with van der Waals surface area (Å²) < 4.78 is 5.61. The van der Waals surface area contributed by atoms with Crippen molar-refractivity contribution in [3.63, 3.8) is 0 Å². The van der Waals surface area contributed by atoms with Gasteiger partial charge in [0.1, 0.15) is 5.75 Å². The van der Waals surface area contributed by atoms with Gasteiger partial charge in [0.05, 0.1) is 12.4 Å². The number of nitrogen functional groups attached to an aromatic ring is 1. The lowest BCUT2D eigenvalue weighted by molar-refractivity contribution is 0.460. The standard InChI is InChI=1S/C14H18N4O/c1-2-3-4-11-5-7-12(8-6-11)19-14-10-16-9-13(17-14)18-15/h5-10H,2-4,15H2,1H3,(H,17,18). The lowest BCUT2D eigenvalue weighted by Crippen LogP contribution is -2.08. The van der Waals surface area contributed by atoms with E-state index in [9.17, 15) is 0 Å². The van der Waals surface area contributed by atoms with Crippen molar-refractivity contribution in [2.75, 3.05) is 5.43 Å². The SMILES string of the molecule is CCCCc1ccc(Oc2cncc(NN)n2)cc1.